The third-order valence-electron chi connectivity index (χ3n) is 3.28. The molecular weight excluding hydrogens is 278 g/mol. The van der Waals surface area contributed by atoms with Crippen LogP contribution >= 0.6 is 11.3 Å². The van der Waals surface area contributed by atoms with Gasteiger partial charge in [0.2, 0.25) is 5.91 Å². The average Bonchev–Trinajstić information content (AvgIpc) is 2.96. The normalized spacial score (nSPS) is 12.8. The molecule has 3 heteroatoms. The lowest BCUT2D eigenvalue weighted by Crippen LogP contribution is -2.29. The predicted molar refractivity (Wildman–Crippen MR) is 90.3 cm³/mol. The highest BCUT2D eigenvalue weighted by Gasteiger charge is 2.17. The van der Waals surface area contributed by atoms with E-state index in [1.807, 2.05) is 42.6 Å². The van der Waals surface area contributed by atoms with Crippen molar-refractivity contribution in [1.82, 2.24) is 5.32 Å². The van der Waals surface area contributed by atoms with Crippen LogP contribution < -0.4 is 5.32 Å². The van der Waals surface area contributed by atoms with Crippen molar-refractivity contribution >= 4 is 23.3 Å². The van der Waals surface area contributed by atoms with Gasteiger partial charge in [-0.25, -0.2) is 0 Å². The maximum atomic E-state index is 12.1. The summed E-state index contributed by atoms with van der Waals surface area (Å²) in [4.78, 5) is 13.3. The summed E-state index contributed by atoms with van der Waals surface area (Å²) in [6.45, 7) is 6.28. The Hall–Kier alpha value is -1.87. The molecule has 1 atom stereocenters. The van der Waals surface area contributed by atoms with Gasteiger partial charge in [-0.3, -0.25) is 4.79 Å². The molecule has 1 heterocycles. The standard InChI is InChI=1S/C18H21NOS/c1-13(2)18(16-8-5-11-21-16)19-17(20)10-9-15-7-4-6-14(3)12-15/h4-13,18H,1-3H3,(H,19,20)/b10-9+/t18-/m0/s1. The molecule has 0 saturated heterocycles. The van der Waals surface area contributed by atoms with E-state index in [4.69, 9.17) is 0 Å². The Labute approximate surface area is 130 Å². The van der Waals surface area contributed by atoms with Gasteiger partial charge < -0.3 is 5.32 Å². The first kappa shape index (κ1) is 15.5. The molecule has 2 rings (SSSR count). The number of hydrogen-bond donors (Lipinski definition) is 1. The Kier molecular flexibility index (Phi) is 5.34. The fraction of sp³-hybridized carbons (Fsp3) is 0.278. The molecular formula is C18H21NOS. The van der Waals surface area contributed by atoms with E-state index in [1.165, 1.54) is 10.4 Å². The third kappa shape index (κ3) is 4.57. The molecule has 2 nitrogen and oxygen atoms in total. The first-order valence-corrected chi connectivity index (χ1v) is 8.03. The third-order valence-corrected chi connectivity index (χ3v) is 4.24. The molecule has 0 aliphatic carbocycles. The molecule has 0 saturated carbocycles. The number of thiophene rings is 1. The van der Waals surface area contributed by atoms with Crippen LogP contribution in [0.1, 0.15) is 35.9 Å². The summed E-state index contributed by atoms with van der Waals surface area (Å²) < 4.78 is 0. The van der Waals surface area contributed by atoms with Crippen molar-refractivity contribution in [1.29, 1.82) is 0 Å². The van der Waals surface area contributed by atoms with Gasteiger partial charge >= 0.3 is 0 Å². The lowest BCUT2D eigenvalue weighted by Gasteiger charge is -2.20. The molecule has 1 N–H and O–H groups in total. The first-order valence-electron chi connectivity index (χ1n) is 7.15. The summed E-state index contributed by atoms with van der Waals surface area (Å²) in [5.74, 6) is 0.309. The fourth-order valence-electron chi connectivity index (χ4n) is 2.18. The van der Waals surface area contributed by atoms with Crippen molar-refractivity contribution in [3.63, 3.8) is 0 Å². The first-order chi connectivity index (χ1) is 10.1. The van der Waals surface area contributed by atoms with Crippen molar-refractivity contribution in [2.24, 2.45) is 5.92 Å². The molecule has 0 radical (unpaired) electrons. The highest BCUT2D eigenvalue weighted by atomic mass is 32.1. The van der Waals surface area contributed by atoms with Crippen LogP contribution in [0.3, 0.4) is 0 Å². The van der Waals surface area contributed by atoms with Crippen molar-refractivity contribution in [2.45, 2.75) is 26.8 Å². The fourth-order valence-corrected chi connectivity index (χ4v) is 3.13. The molecule has 2 aromatic rings. The Morgan fingerprint density at radius 3 is 2.67 bits per heavy atom. The van der Waals surface area contributed by atoms with Crippen molar-refractivity contribution in [3.8, 4) is 0 Å². The number of rotatable bonds is 5. The number of hydrogen-bond acceptors (Lipinski definition) is 2. The van der Waals surface area contributed by atoms with Crippen LogP contribution in [-0.4, -0.2) is 5.91 Å². The second-order valence-corrected chi connectivity index (χ2v) is 6.47. The zero-order valence-electron chi connectivity index (χ0n) is 12.7. The number of carbonyl (C=O) groups excluding carboxylic acids is 1. The average molecular weight is 299 g/mol. The van der Waals surface area contributed by atoms with Crippen molar-refractivity contribution in [3.05, 3.63) is 63.9 Å². The smallest absolute Gasteiger partial charge is 0.244 e. The Morgan fingerprint density at radius 1 is 1.24 bits per heavy atom. The van der Waals surface area contributed by atoms with Crippen LogP contribution in [0.25, 0.3) is 6.08 Å². The van der Waals surface area contributed by atoms with Crippen molar-refractivity contribution in [2.75, 3.05) is 0 Å². The quantitative estimate of drug-likeness (QED) is 0.804. The number of nitrogens with one attached hydrogen (secondary N) is 1. The number of carbonyl (C=O) groups is 1. The van der Waals surface area contributed by atoms with Crippen LogP contribution in [0.4, 0.5) is 0 Å². The van der Waals surface area contributed by atoms with Gasteiger partial charge in [-0.1, -0.05) is 49.7 Å². The zero-order chi connectivity index (χ0) is 15.2. The monoisotopic (exact) mass is 299 g/mol. The lowest BCUT2D eigenvalue weighted by molar-refractivity contribution is -0.117. The van der Waals surface area contributed by atoms with E-state index < -0.39 is 0 Å². The van der Waals surface area contributed by atoms with Gasteiger partial charge in [-0.2, -0.15) is 0 Å². The SMILES string of the molecule is Cc1cccc(/C=C/C(=O)N[C@H](c2cccs2)C(C)C)c1. The maximum absolute atomic E-state index is 12.1. The molecule has 0 aliphatic heterocycles. The van der Waals surface area contributed by atoms with Gasteiger partial charge in [0.25, 0.3) is 0 Å². The van der Waals surface area contributed by atoms with Crippen molar-refractivity contribution < 1.29 is 4.79 Å². The highest BCUT2D eigenvalue weighted by molar-refractivity contribution is 7.10. The van der Waals surface area contributed by atoms with Gasteiger partial charge in [0, 0.05) is 11.0 Å². The minimum Gasteiger partial charge on any atom is -0.345 e. The number of amides is 1. The molecule has 0 spiro atoms. The van der Waals surface area contributed by atoms with Gasteiger partial charge in [0.1, 0.15) is 0 Å². The molecule has 0 bridgehead atoms. The van der Waals surface area contributed by atoms with E-state index in [0.717, 1.165) is 5.56 Å². The Morgan fingerprint density at radius 2 is 2.05 bits per heavy atom. The second-order valence-electron chi connectivity index (χ2n) is 5.49. The largest absolute Gasteiger partial charge is 0.345 e. The van der Waals surface area contributed by atoms with E-state index >= 15 is 0 Å². The summed E-state index contributed by atoms with van der Waals surface area (Å²) in [6, 6.07) is 12.3. The van der Waals surface area contributed by atoms with E-state index in [0.29, 0.717) is 5.92 Å². The van der Waals surface area contributed by atoms with Gasteiger partial charge in [-0.15, -0.1) is 11.3 Å². The highest BCUT2D eigenvalue weighted by Crippen LogP contribution is 2.25. The van der Waals surface area contributed by atoms with Gasteiger partial charge in [0.05, 0.1) is 6.04 Å². The molecule has 1 aromatic heterocycles. The zero-order valence-corrected chi connectivity index (χ0v) is 13.5. The van der Waals surface area contributed by atoms with Crippen LogP contribution in [0.5, 0.6) is 0 Å². The maximum Gasteiger partial charge on any atom is 0.244 e. The van der Waals surface area contributed by atoms with E-state index in [2.05, 4.69) is 31.3 Å². The van der Waals surface area contributed by atoms with E-state index in [1.54, 1.807) is 17.4 Å². The minimum absolute atomic E-state index is 0.0522. The molecule has 0 unspecified atom stereocenters. The second kappa shape index (κ2) is 7.23. The molecule has 0 aliphatic rings. The predicted octanol–water partition coefficient (Wildman–Crippen LogP) is 4.58. The molecule has 0 fully saturated rings. The van der Waals surface area contributed by atoms with E-state index in [-0.39, 0.29) is 11.9 Å². The summed E-state index contributed by atoms with van der Waals surface area (Å²) in [5.41, 5.74) is 2.23. The molecule has 1 amide bonds. The van der Waals surface area contributed by atoms with E-state index in [9.17, 15) is 4.79 Å². The molecule has 110 valence electrons. The van der Waals surface area contributed by atoms with Gasteiger partial charge in [0.15, 0.2) is 0 Å². The van der Waals surface area contributed by atoms with Crippen LogP contribution in [0.2, 0.25) is 0 Å². The summed E-state index contributed by atoms with van der Waals surface area (Å²) in [6.07, 6.45) is 3.46. The molecule has 1 aromatic carbocycles. The molecule has 21 heavy (non-hydrogen) atoms. The summed E-state index contributed by atoms with van der Waals surface area (Å²) in [7, 11) is 0. The number of aryl methyl sites for hydroxylation is 1. The topological polar surface area (TPSA) is 29.1 Å². The number of benzene rings is 1. The van der Waals surface area contributed by atoms with Crippen LogP contribution in [0, 0.1) is 12.8 Å². The Balaban J connectivity index is 2.03. The summed E-state index contributed by atoms with van der Waals surface area (Å²) in [5, 5.41) is 5.13. The Bertz CT molecular complexity index is 614. The van der Waals surface area contributed by atoms with Crippen LogP contribution in [-0.2, 0) is 4.79 Å². The van der Waals surface area contributed by atoms with Crippen LogP contribution in [0.15, 0.2) is 47.9 Å². The minimum atomic E-state index is -0.0522. The lowest BCUT2D eigenvalue weighted by atomic mass is 10.0. The van der Waals surface area contributed by atoms with Gasteiger partial charge in [-0.05, 0) is 35.9 Å². The summed E-state index contributed by atoms with van der Waals surface area (Å²) >= 11 is 1.68.